The van der Waals surface area contributed by atoms with Crippen LogP contribution in [0.3, 0.4) is 0 Å². The molecule has 0 bridgehead atoms. The van der Waals surface area contributed by atoms with Crippen LogP contribution < -0.4 is 5.73 Å². The van der Waals surface area contributed by atoms with Crippen molar-refractivity contribution in [2.75, 3.05) is 0 Å². The van der Waals surface area contributed by atoms with Crippen molar-refractivity contribution in [3.63, 3.8) is 0 Å². The number of rotatable bonds is 7. The van der Waals surface area contributed by atoms with Crippen LogP contribution >= 0.6 is 0 Å². The smallest absolute Gasteiger partial charge is 0.00488 e. The Bertz CT molecular complexity index is 803. The van der Waals surface area contributed by atoms with Crippen molar-refractivity contribution in [1.29, 1.82) is 0 Å². The molecule has 2 N–H and O–H groups in total. The molecule has 0 amide bonds. The van der Waals surface area contributed by atoms with Gasteiger partial charge in [-0.3, -0.25) is 0 Å². The minimum Gasteiger partial charge on any atom is -0.402 e. The molecule has 0 spiro atoms. The highest BCUT2D eigenvalue weighted by Crippen LogP contribution is 2.33. The fourth-order valence-electron chi connectivity index (χ4n) is 2.85. The van der Waals surface area contributed by atoms with Gasteiger partial charge in [0.2, 0.25) is 0 Å². The number of allylic oxidation sites excluding steroid dienone is 6. The van der Waals surface area contributed by atoms with E-state index in [0.29, 0.717) is 0 Å². The Labute approximate surface area is 151 Å². The summed E-state index contributed by atoms with van der Waals surface area (Å²) in [7, 11) is 0. The third-order valence-electron chi connectivity index (χ3n) is 4.15. The lowest BCUT2D eigenvalue weighted by Crippen LogP contribution is -1.94. The first-order chi connectivity index (χ1) is 12.0. The van der Waals surface area contributed by atoms with Gasteiger partial charge in [-0.2, -0.15) is 0 Å². The zero-order valence-corrected chi connectivity index (χ0v) is 15.3. The molecule has 0 aromatic heterocycles. The van der Waals surface area contributed by atoms with E-state index in [0.717, 1.165) is 29.7 Å². The first-order valence-electron chi connectivity index (χ1n) is 8.60. The monoisotopic (exact) mass is 329 g/mol. The van der Waals surface area contributed by atoms with Crippen molar-refractivity contribution < 1.29 is 0 Å². The third kappa shape index (κ3) is 5.36. The van der Waals surface area contributed by atoms with Crippen molar-refractivity contribution in [2.24, 2.45) is 5.73 Å². The lowest BCUT2D eigenvalue weighted by atomic mass is 9.89. The average molecular weight is 329 g/mol. The van der Waals surface area contributed by atoms with E-state index in [4.69, 9.17) is 5.73 Å². The van der Waals surface area contributed by atoms with Gasteiger partial charge >= 0.3 is 0 Å². The standard InChI is InChI=1S/C24H27N/c1-18(10-8-12-21(4)25)16-17-20(3)24-19(2)11-9-15-23(24)22-13-6-5-7-14-22/h5-15H,1,3,16-17,25H2,2,4H3/b10-8-,21-12-. The van der Waals surface area contributed by atoms with Crippen molar-refractivity contribution in [3.05, 3.63) is 102 Å². The highest BCUT2D eigenvalue weighted by Gasteiger charge is 2.10. The molecule has 1 nitrogen and oxygen atoms in total. The van der Waals surface area contributed by atoms with Crippen molar-refractivity contribution in [3.8, 4) is 11.1 Å². The average Bonchev–Trinajstić information content (AvgIpc) is 2.60. The molecule has 2 rings (SSSR count). The van der Waals surface area contributed by atoms with E-state index in [9.17, 15) is 0 Å². The summed E-state index contributed by atoms with van der Waals surface area (Å²) in [4.78, 5) is 0. The molecule has 0 aliphatic carbocycles. The Kier molecular flexibility index (Phi) is 6.59. The van der Waals surface area contributed by atoms with E-state index in [1.54, 1.807) is 0 Å². The molecule has 0 saturated heterocycles. The lowest BCUT2D eigenvalue weighted by molar-refractivity contribution is 1.03. The molecule has 0 unspecified atom stereocenters. The van der Waals surface area contributed by atoms with E-state index >= 15 is 0 Å². The molecule has 2 aromatic rings. The first kappa shape index (κ1) is 18.5. The molecule has 0 saturated carbocycles. The van der Waals surface area contributed by atoms with Gasteiger partial charge < -0.3 is 5.73 Å². The number of hydrogen-bond acceptors (Lipinski definition) is 1. The van der Waals surface area contributed by atoms with E-state index in [1.165, 1.54) is 22.3 Å². The fourth-order valence-corrected chi connectivity index (χ4v) is 2.85. The highest BCUT2D eigenvalue weighted by molar-refractivity contribution is 5.82. The topological polar surface area (TPSA) is 26.0 Å². The van der Waals surface area contributed by atoms with Crippen LogP contribution in [-0.2, 0) is 0 Å². The number of aryl methyl sites for hydroxylation is 1. The Morgan fingerprint density at radius 1 is 1.00 bits per heavy atom. The first-order valence-corrected chi connectivity index (χ1v) is 8.60. The molecule has 0 fully saturated rings. The molecule has 1 heteroatoms. The Morgan fingerprint density at radius 2 is 1.72 bits per heavy atom. The Balaban J connectivity index is 2.16. The van der Waals surface area contributed by atoms with Crippen LogP contribution in [0.1, 0.15) is 30.9 Å². The fraction of sp³-hybridized carbons (Fsp3) is 0.167. The summed E-state index contributed by atoms with van der Waals surface area (Å²) < 4.78 is 0. The molecule has 0 heterocycles. The van der Waals surface area contributed by atoms with Gasteiger partial charge in [0.1, 0.15) is 0 Å². The summed E-state index contributed by atoms with van der Waals surface area (Å²) in [5.41, 5.74) is 13.6. The summed E-state index contributed by atoms with van der Waals surface area (Å²) in [6, 6.07) is 16.9. The molecular weight excluding hydrogens is 302 g/mol. The second-order valence-corrected chi connectivity index (χ2v) is 6.40. The van der Waals surface area contributed by atoms with Gasteiger partial charge in [0, 0.05) is 5.70 Å². The van der Waals surface area contributed by atoms with E-state index < -0.39 is 0 Å². The van der Waals surface area contributed by atoms with E-state index in [-0.39, 0.29) is 0 Å². The van der Waals surface area contributed by atoms with Gasteiger partial charge in [0.25, 0.3) is 0 Å². The van der Waals surface area contributed by atoms with Gasteiger partial charge in [-0.1, -0.05) is 79.4 Å². The Morgan fingerprint density at radius 3 is 2.40 bits per heavy atom. The molecule has 25 heavy (non-hydrogen) atoms. The van der Waals surface area contributed by atoms with Crippen LogP contribution in [0.5, 0.6) is 0 Å². The molecule has 0 aliphatic heterocycles. The second-order valence-electron chi connectivity index (χ2n) is 6.40. The maximum absolute atomic E-state index is 5.63. The minimum absolute atomic E-state index is 0.792. The van der Waals surface area contributed by atoms with Crippen LogP contribution in [0.2, 0.25) is 0 Å². The third-order valence-corrected chi connectivity index (χ3v) is 4.15. The molecule has 0 atom stereocenters. The summed E-state index contributed by atoms with van der Waals surface area (Å²) in [6.45, 7) is 12.5. The van der Waals surface area contributed by atoms with Crippen LogP contribution in [0.25, 0.3) is 16.7 Å². The summed E-state index contributed by atoms with van der Waals surface area (Å²) in [5, 5.41) is 0. The second kappa shape index (κ2) is 8.89. The van der Waals surface area contributed by atoms with E-state index in [2.05, 4.69) is 62.5 Å². The summed E-state index contributed by atoms with van der Waals surface area (Å²) >= 11 is 0. The summed E-state index contributed by atoms with van der Waals surface area (Å²) in [6.07, 6.45) is 7.62. The van der Waals surface area contributed by atoms with Crippen LogP contribution in [-0.4, -0.2) is 0 Å². The van der Waals surface area contributed by atoms with E-state index in [1.807, 2.05) is 31.2 Å². The number of benzene rings is 2. The van der Waals surface area contributed by atoms with Crippen molar-refractivity contribution in [2.45, 2.75) is 26.7 Å². The predicted molar refractivity (Wildman–Crippen MR) is 111 cm³/mol. The zero-order valence-electron chi connectivity index (χ0n) is 15.3. The van der Waals surface area contributed by atoms with Gasteiger partial charge in [-0.05, 0) is 60.6 Å². The zero-order chi connectivity index (χ0) is 18.2. The normalized spacial score (nSPS) is 11.7. The van der Waals surface area contributed by atoms with Gasteiger partial charge in [0.15, 0.2) is 0 Å². The van der Waals surface area contributed by atoms with Gasteiger partial charge in [0.05, 0.1) is 0 Å². The number of hydrogen-bond donors (Lipinski definition) is 1. The largest absolute Gasteiger partial charge is 0.402 e. The summed E-state index contributed by atoms with van der Waals surface area (Å²) in [5.74, 6) is 0. The maximum Gasteiger partial charge on any atom is 0.00488 e. The molecule has 0 radical (unpaired) electrons. The minimum atomic E-state index is 0.792. The molecule has 128 valence electrons. The molecule has 2 aromatic carbocycles. The van der Waals surface area contributed by atoms with Crippen molar-refractivity contribution >= 4 is 5.57 Å². The lowest BCUT2D eigenvalue weighted by Gasteiger charge is -2.15. The quantitative estimate of drug-likeness (QED) is 0.582. The van der Waals surface area contributed by atoms with Gasteiger partial charge in [-0.25, -0.2) is 0 Å². The number of nitrogens with two attached hydrogens (primary N) is 1. The van der Waals surface area contributed by atoms with Crippen LogP contribution in [0.15, 0.2) is 91.2 Å². The SMILES string of the molecule is C=C(/C=C\C=C(\C)N)CCC(=C)c1c(C)cccc1-c1ccccc1. The van der Waals surface area contributed by atoms with Crippen molar-refractivity contribution in [1.82, 2.24) is 0 Å². The molecular formula is C24H27N. The maximum atomic E-state index is 5.63. The van der Waals surface area contributed by atoms with Crippen LogP contribution in [0, 0.1) is 6.92 Å². The Hall–Kier alpha value is -2.80. The van der Waals surface area contributed by atoms with Crippen LogP contribution in [0.4, 0.5) is 0 Å². The molecule has 0 aliphatic rings. The predicted octanol–water partition coefficient (Wildman–Crippen LogP) is 6.43. The van der Waals surface area contributed by atoms with Gasteiger partial charge in [-0.15, -0.1) is 0 Å². The highest BCUT2D eigenvalue weighted by atomic mass is 14.5.